The van der Waals surface area contributed by atoms with E-state index in [1.807, 2.05) is 30.4 Å². The van der Waals surface area contributed by atoms with E-state index in [0.717, 1.165) is 5.76 Å². The van der Waals surface area contributed by atoms with E-state index in [9.17, 15) is 9.90 Å². The Labute approximate surface area is 104 Å². The third-order valence-electron chi connectivity index (χ3n) is 2.22. The van der Waals surface area contributed by atoms with Crippen molar-refractivity contribution in [2.45, 2.75) is 6.29 Å². The molecule has 1 N–H and O–H groups in total. The van der Waals surface area contributed by atoms with Crippen molar-refractivity contribution < 1.29 is 19.1 Å². The molecule has 0 fully saturated rings. The van der Waals surface area contributed by atoms with Gasteiger partial charge in [-0.1, -0.05) is 30.4 Å². The molecule has 2 heterocycles. The molecular formula is C14H12O4. The second-order valence-corrected chi connectivity index (χ2v) is 3.55. The van der Waals surface area contributed by atoms with E-state index in [1.165, 1.54) is 6.08 Å². The van der Waals surface area contributed by atoms with Gasteiger partial charge < -0.3 is 14.3 Å². The van der Waals surface area contributed by atoms with Gasteiger partial charge in [-0.05, 0) is 18.2 Å². The highest BCUT2D eigenvalue weighted by Crippen LogP contribution is 2.14. The number of hydrogen-bond donors (Lipinski definition) is 1. The fourth-order valence-corrected chi connectivity index (χ4v) is 1.38. The first kappa shape index (κ1) is 12.1. The molecular weight excluding hydrogens is 232 g/mol. The van der Waals surface area contributed by atoms with E-state index in [4.69, 9.17) is 4.42 Å². The Morgan fingerprint density at radius 3 is 2.56 bits per heavy atom. The van der Waals surface area contributed by atoms with E-state index >= 15 is 0 Å². The average molecular weight is 244 g/mol. The molecule has 1 aromatic rings. The Kier molecular flexibility index (Phi) is 3.94. The molecule has 0 spiro atoms. The van der Waals surface area contributed by atoms with Crippen molar-refractivity contribution in [1.82, 2.24) is 0 Å². The summed E-state index contributed by atoms with van der Waals surface area (Å²) in [5.41, 5.74) is 0.444. The minimum absolute atomic E-state index is 0.444. The van der Waals surface area contributed by atoms with Gasteiger partial charge in [-0.25, -0.2) is 4.79 Å². The highest BCUT2D eigenvalue weighted by Gasteiger charge is 2.20. The van der Waals surface area contributed by atoms with Crippen molar-refractivity contribution in [1.29, 1.82) is 0 Å². The maximum Gasteiger partial charge on any atom is 0.333 e. The van der Waals surface area contributed by atoms with E-state index in [2.05, 4.69) is 4.74 Å². The lowest BCUT2D eigenvalue weighted by Gasteiger charge is -2.01. The van der Waals surface area contributed by atoms with Crippen LogP contribution in [0.3, 0.4) is 0 Å². The maximum atomic E-state index is 10.8. The Morgan fingerprint density at radius 1 is 1.17 bits per heavy atom. The summed E-state index contributed by atoms with van der Waals surface area (Å²) in [5, 5.41) is 9.27. The number of cyclic esters (lactones) is 1. The van der Waals surface area contributed by atoms with Crippen LogP contribution in [0.4, 0.5) is 0 Å². The van der Waals surface area contributed by atoms with Gasteiger partial charge in [0.2, 0.25) is 6.29 Å². The number of aliphatic hydroxyl groups excluding tert-OH is 1. The van der Waals surface area contributed by atoms with Crippen molar-refractivity contribution in [3.63, 3.8) is 0 Å². The summed E-state index contributed by atoms with van der Waals surface area (Å²) >= 11 is 0. The van der Waals surface area contributed by atoms with Gasteiger partial charge in [0.1, 0.15) is 5.76 Å². The van der Waals surface area contributed by atoms with Crippen LogP contribution < -0.4 is 0 Å². The van der Waals surface area contributed by atoms with Gasteiger partial charge in [0, 0.05) is 11.6 Å². The first-order valence-corrected chi connectivity index (χ1v) is 5.41. The predicted molar refractivity (Wildman–Crippen MR) is 66.2 cm³/mol. The van der Waals surface area contributed by atoms with Gasteiger partial charge in [-0.2, -0.15) is 0 Å². The summed E-state index contributed by atoms with van der Waals surface area (Å²) in [6.45, 7) is 0. The number of esters is 1. The molecule has 0 amide bonds. The first-order valence-electron chi connectivity index (χ1n) is 5.41. The number of carbonyl (C=O) groups excluding carboxylic acids is 1. The molecule has 2 rings (SSSR count). The van der Waals surface area contributed by atoms with Crippen molar-refractivity contribution in [3.8, 4) is 0 Å². The summed E-state index contributed by atoms with van der Waals surface area (Å²) in [6.07, 6.45) is 12.3. The van der Waals surface area contributed by atoms with E-state index in [0.29, 0.717) is 5.57 Å². The van der Waals surface area contributed by atoms with Crippen LogP contribution in [-0.4, -0.2) is 17.4 Å². The quantitative estimate of drug-likeness (QED) is 0.651. The van der Waals surface area contributed by atoms with E-state index in [1.54, 1.807) is 24.5 Å². The van der Waals surface area contributed by atoms with Crippen LogP contribution in [-0.2, 0) is 9.53 Å². The summed E-state index contributed by atoms with van der Waals surface area (Å²) in [7, 11) is 0. The molecule has 0 aliphatic carbocycles. The maximum absolute atomic E-state index is 10.8. The van der Waals surface area contributed by atoms with Crippen LogP contribution in [0.5, 0.6) is 0 Å². The zero-order valence-corrected chi connectivity index (χ0v) is 9.52. The van der Waals surface area contributed by atoms with Crippen LogP contribution in [0, 0.1) is 0 Å². The number of rotatable bonds is 4. The molecule has 1 aliphatic rings. The van der Waals surface area contributed by atoms with Crippen molar-refractivity contribution >= 4 is 12.0 Å². The number of carbonyl (C=O) groups is 1. The summed E-state index contributed by atoms with van der Waals surface area (Å²) < 4.78 is 9.64. The lowest BCUT2D eigenvalue weighted by atomic mass is 10.2. The molecule has 0 saturated heterocycles. The zero-order valence-electron chi connectivity index (χ0n) is 9.52. The van der Waals surface area contributed by atoms with Gasteiger partial charge in [0.15, 0.2) is 0 Å². The minimum atomic E-state index is -1.15. The molecule has 0 saturated carbocycles. The molecule has 0 bridgehead atoms. The minimum Gasteiger partial charge on any atom is -0.465 e. The van der Waals surface area contributed by atoms with E-state index < -0.39 is 12.3 Å². The zero-order chi connectivity index (χ0) is 12.8. The van der Waals surface area contributed by atoms with Gasteiger partial charge in [-0.15, -0.1) is 0 Å². The van der Waals surface area contributed by atoms with Gasteiger partial charge in [0.25, 0.3) is 0 Å². The molecule has 1 unspecified atom stereocenters. The van der Waals surface area contributed by atoms with Crippen molar-refractivity contribution in [2.75, 3.05) is 0 Å². The highest BCUT2D eigenvalue weighted by molar-refractivity contribution is 5.86. The van der Waals surface area contributed by atoms with Crippen LogP contribution in [0.2, 0.25) is 0 Å². The van der Waals surface area contributed by atoms with Crippen molar-refractivity contribution in [2.24, 2.45) is 0 Å². The van der Waals surface area contributed by atoms with Gasteiger partial charge >= 0.3 is 5.97 Å². The molecule has 92 valence electrons. The Hall–Kier alpha value is -2.33. The molecule has 4 heteroatoms. The fraction of sp³-hybridized carbons (Fsp3) is 0.0714. The molecule has 0 aromatic carbocycles. The topological polar surface area (TPSA) is 59.7 Å². The SMILES string of the molecule is O=C1C=C(/C=C/C=C/C=C/c2ccco2)C(O)O1. The number of allylic oxidation sites excluding steroid dienone is 4. The third-order valence-corrected chi connectivity index (χ3v) is 2.22. The Morgan fingerprint density at radius 2 is 1.94 bits per heavy atom. The predicted octanol–water partition coefficient (Wildman–Crippen LogP) is 2.21. The molecule has 1 atom stereocenters. The van der Waals surface area contributed by atoms with Crippen molar-refractivity contribution in [3.05, 3.63) is 66.2 Å². The lowest BCUT2D eigenvalue weighted by molar-refractivity contribution is -0.150. The Balaban J connectivity index is 1.84. The monoisotopic (exact) mass is 244 g/mol. The molecule has 18 heavy (non-hydrogen) atoms. The van der Waals surface area contributed by atoms with Crippen LogP contribution in [0.1, 0.15) is 5.76 Å². The molecule has 1 aromatic heterocycles. The number of aliphatic hydroxyl groups is 1. The van der Waals surface area contributed by atoms with Crippen LogP contribution in [0.15, 0.2) is 64.8 Å². The normalized spacial score (nSPS) is 20.2. The number of ether oxygens (including phenoxy) is 1. The smallest absolute Gasteiger partial charge is 0.333 e. The molecule has 0 radical (unpaired) electrons. The van der Waals surface area contributed by atoms with Crippen LogP contribution >= 0.6 is 0 Å². The van der Waals surface area contributed by atoms with Gasteiger partial charge in [-0.3, -0.25) is 0 Å². The van der Waals surface area contributed by atoms with Gasteiger partial charge in [0.05, 0.1) is 6.26 Å². The summed E-state index contributed by atoms with van der Waals surface area (Å²) in [5.74, 6) is 0.250. The Bertz CT molecular complexity index is 518. The highest BCUT2D eigenvalue weighted by atomic mass is 16.6. The third kappa shape index (κ3) is 3.33. The second kappa shape index (κ2) is 5.84. The fourth-order valence-electron chi connectivity index (χ4n) is 1.38. The second-order valence-electron chi connectivity index (χ2n) is 3.55. The largest absolute Gasteiger partial charge is 0.465 e. The molecule has 4 nitrogen and oxygen atoms in total. The first-order chi connectivity index (χ1) is 8.75. The lowest BCUT2D eigenvalue weighted by Crippen LogP contribution is -2.08. The standard InChI is InChI=1S/C14H12O4/c15-13-10-11(14(16)18-13)6-3-1-2-4-7-12-8-5-9-17-12/h1-10,14,16H/b2-1+,6-3+,7-4+. The van der Waals surface area contributed by atoms with Crippen LogP contribution in [0.25, 0.3) is 6.08 Å². The summed E-state index contributed by atoms with van der Waals surface area (Å²) in [6, 6.07) is 3.66. The molecule has 1 aliphatic heterocycles. The van der Waals surface area contributed by atoms with E-state index in [-0.39, 0.29) is 0 Å². The number of hydrogen-bond acceptors (Lipinski definition) is 4. The average Bonchev–Trinajstić information content (AvgIpc) is 2.94. The number of furan rings is 1. The summed E-state index contributed by atoms with van der Waals surface area (Å²) in [4.78, 5) is 10.8.